The van der Waals surface area contributed by atoms with Gasteiger partial charge < -0.3 is 20.4 Å². The minimum atomic E-state index is -0.547. The molecule has 118 valence electrons. The Bertz CT molecular complexity index is 583. The third-order valence-corrected chi connectivity index (χ3v) is 3.71. The fourth-order valence-electron chi connectivity index (χ4n) is 2.69. The van der Waals surface area contributed by atoms with Crippen LogP contribution in [0.15, 0.2) is 41.7 Å². The molecule has 1 aliphatic heterocycles. The molecule has 0 bridgehead atoms. The first-order valence-corrected chi connectivity index (χ1v) is 7.30. The molecule has 6 heteroatoms. The number of ketones is 1. The van der Waals surface area contributed by atoms with E-state index in [9.17, 15) is 14.7 Å². The second kappa shape index (κ2) is 7.20. The quantitative estimate of drug-likeness (QED) is 0.593. The number of hydrogen-bond acceptors (Lipinski definition) is 4. The molecule has 1 aliphatic rings. The average molecular weight is 305 g/mol. The number of carbonyl (C=O) groups is 2. The van der Waals surface area contributed by atoms with Crippen LogP contribution in [-0.2, 0) is 9.59 Å². The second-order valence-corrected chi connectivity index (χ2v) is 5.22. The Morgan fingerprint density at radius 1 is 1.27 bits per heavy atom. The van der Waals surface area contributed by atoms with Crippen molar-refractivity contribution in [2.45, 2.75) is 13.0 Å². The Hall–Kier alpha value is -2.18. The molecular weight excluding hydrogens is 284 g/mol. The standard InChI is InChI=1S/C16H20N2O4/c1-11(20)13-14(12-5-3-2-4-6-12)18(16(22)15(13)21)9-7-17-8-10-19/h2-6,14,17,19,21H,7-10H2,1H3/p+1/t14-/m0/s1. The molecule has 0 radical (unpaired) electrons. The summed E-state index contributed by atoms with van der Waals surface area (Å²) in [5.74, 6) is -1.28. The molecule has 0 fully saturated rings. The third-order valence-electron chi connectivity index (χ3n) is 3.71. The molecule has 1 atom stereocenters. The first-order chi connectivity index (χ1) is 10.6. The van der Waals surface area contributed by atoms with E-state index in [0.29, 0.717) is 19.6 Å². The van der Waals surface area contributed by atoms with Gasteiger partial charge in [0.05, 0.1) is 37.9 Å². The lowest BCUT2D eigenvalue weighted by Crippen LogP contribution is -2.86. The van der Waals surface area contributed by atoms with E-state index in [2.05, 4.69) is 0 Å². The van der Waals surface area contributed by atoms with Gasteiger partial charge >= 0.3 is 0 Å². The number of nitrogens with two attached hydrogens (primary N) is 1. The second-order valence-electron chi connectivity index (χ2n) is 5.22. The summed E-state index contributed by atoms with van der Waals surface area (Å²) in [4.78, 5) is 25.6. The van der Waals surface area contributed by atoms with Crippen LogP contribution in [0.1, 0.15) is 18.5 Å². The van der Waals surface area contributed by atoms with Crippen LogP contribution in [-0.4, -0.2) is 53.0 Å². The smallest absolute Gasteiger partial charge is 0.290 e. The van der Waals surface area contributed by atoms with Crippen molar-refractivity contribution in [2.24, 2.45) is 0 Å². The largest absolute Gasteiger partial charge is 0.503 e. The van der Waals surface area contributed by atoms with Crippen molar-refractivity contribution in [3.63, 3.8) is 0 Å². The van der Waals surface area contributed by atoms with Crippen LogP contribution in [0.4, 0.5) is 0 Å². The lowest BCUT2D eigenvalue weighted by atomic mass is 9.97. The summed E-state index contributed by atoms with van der Waals surface area (Å²) in [6.07, 6.45) is 0. The first-order valence-electron chi connectivity index (χ1n) is 7.30. The Balaban J connectivity index is 2.28. The molecule has 0 aliphatic carbocycles. The van der Waals surface area contributed by atoms with Crippen molar-refractivity contribution in [1.29, 1.82) is 0 Å². The molecule has 22 heavy (non-hydrogen) atoms. The van der Waals surface area contributed by atoms with E-state index in [-0.39, 0.29) is 18.0 Å². The van der Waals surface area contributed by atoms with Crippen LogP contribution in [0.2, 0.25) is 0 Å². The van der Waals surface area contributed by atoms with Gasteiger partial charge in [-0.3, -0.25) is 9.59 Å². The number of Topliss-reactive ketones (excluding diaryl/α,β-unsaturated/α-hetero) is 1. The van der Waals surface area contributed by atoms with Crippen molar-refractivity contribution in [2.75, 3.05) is 26.2 Å². The Morgan fingerprint density at radius 3 is 2.55 bits per heavy atom. The van der Waals surface area contributed by atoms with Gasteiger partial charge in [-0.15, -0.1) is 0 Å². The summed E-state index contributed by atoms with van der Waals surface area (Å²) >= 11 is 0. The zero-order valence-electron chi connectivity index (χ0n) is 12.5. The number of carbonyl (C=O) groups excluding carboxylic acids is 2. The lowest BCUT2D eigenvalue weighted by molar-refractivity contribution is -0.655. The molecule has 1 aromatic carbocycles. The van der Waals surface area contributed by atoms with E-state index in [4.69, 9.17) is 5.11 Å². The normalized spacial score (nSPS) is 18.2. The minimum absolute atomic E-state index is 0.0677. The number of aliphatic hydroxyl groups is 2. The van der Waals surface area contributed by atoms with E-state index in [0.717, 1.165) is 5.56 Å². The number of rotatable bonds is 7. The Kier molecular flexibility index (Phi) is 5.30. The highest BCUT2D eigenvalue weighted by molar-refractivity contribution is 6.08. The van der Waals surface area contributed by atoms with Crippen molar-refractivity contribution in [3.05, 3.63) is 47.2 Å². The Morgan fingerprint density at radius 2 is 1.95 bits per heavy atom. The highest BCUT2D eigenvalue weighted by atomic mass is 16.3. The SMILES string of the molecule is CC(=O)C1=C(O)C(=O)N(CC[NH2+]CCO)[C@H]1c1ccccc1. The van der Waals surface area contributed by atoms with Crippen LogP contribution in [0, 0.1) is 0 Å². The maximum absolute atomic E-state index is 12.3. The number of hydrogen-bond donors (Lipinski definition) is 3. The predicted octanol–water partition coefficient (Wildman–Crippen LogP) is -0.473. The van der Waals surface area contributed by atoms with E-state index in [1.807, 2.05) is 35.6 Å². The zero-order chi connectivity index (χ0) is 16.1. The molecule has 1 aromatic rings. The molecule has 2 rings (SSSR count). The number of aliphatic hydroxyl groups excluding tert-OH is 2. The maximum atomic E-state index is 12.3. The van der Waals surface area contributed by atoms with Crippen LogP contribution in [0.3, 0.4) is 0 Å². The van der Waals surface area contributed by atoms with Gasteiger partial charge in [0.25, 0.3) is 5.91 Å². The highest BCUT2D eigenvalue weighted by Gasteiger charge is 2.42. The van der Waals surface area contributed by atoms with E-state index >= 15 is 0 Å². The molecule has 1 amide bonds. The van der Waals surface area contributed by atoms with Gasteiger partial charge in [0, 0.05) is 0 Å². The third kappa shape index (κ3) is 3.18. The fourth-order valence-corrected chi connectivity index (χ4v) is 2.69. The lowest BCUT2D eigenvalue weighted by Gasteiger charge is -2.25. The van der Waals surface area contributed by atoms with Gasteiger partial charge in [0.15, 0.2) is 11.5 Å². The highest BCUT2D eigenvalue weighted by Crippen LogP contribution is 2.36. The van der Waals surface area contributed by atoms with Gasteiger partial charge in [0.2, 0.25) is 0 Å². The zero-order valence-corrected chi connectivity index (χ0v) is 12.5. The average Bonchev–Trinajstić information content (AvgIpc) is 2.77. The van der Waals surface area contributed by atoms with Crippen molar-refractivity contribution < 1.29 is 25.1 Å². The summed E-state index contributed by atoms with van der Waals surface area (Å²) in [5, 5.41) is 20.7. The number of amides is 1. The predicted molar refractivity (Wildman–Crippen MR) is 80.0 cm³/mol. The monoisotopic (exact) mass is 305 g/mol. The number of benzene rings is 1. The van der Waals surface area contributed by atoms with E-state index in [1.54, 1.807) is 0 Å². The first kappa shape index (κ1) is 16.2. The number of nitrogens with zero attached hydrogens (tertiary/aromatic N) is 1. The van der Waals surface area contributed by atoms with Gasteiger partial charge in [-0.2, -0.15) is 0 Å². The number of quaternary nitrogens is 1. The maximum Gasteiger partial charge on any atom is 0.290 e. The minimum Gasteiger partial charge on any atom is -0.503 e. The molecular formula is C16H21N2O4+. The van der Waals surface area contributed by atoms with E-state index in [1.165, 1.54) is 11.8 Å². The topological polar surface area (TPSA) is 94.5 Å². The molecule has 0 unspecified atom stereocenters. The molecule has 0 spiro atoms. The van der Waals surface area contributed by atoms with Gasteiger partial charge in [-0.1, -0.05) is 30.3 Å². The molecule has 0 aromatic heterocycles. The van der Waals surface area contributed by atoms with Crippen LogP contribution in [0.5, 0.6) is 0 Å². The van der Waals surface area contributed by atoms with Crippen molar-refractivity contribution in [1.82, 2.24) is 4.90 Å². The van der Waals surface area contributed by atoms with Crippen molar-refractivity contribution in [3.8, 4) is 0 Å². The van der Waals surface area contributed by atoms with Crippen LogP contribution >= 0.6 is 0 Å². The molecule has 0 saturated heterocycles. The van der Waals surface area contributed by atoms with Gasteiger partial charge in [-0.25, -0.2) is 0 Å². The van der Waals surface area contributed by atoms with Gasteiger partial charge in [-0.05, 0) is 12.5 Å². The van der Waals surface area contributed by atoms with Crippen LogP contribution < -0.4 is 5.32 Å². The van der Waals surface area contributed by atoms with Gasteiger partial charge in [0.1, 0.15) is 0 Å². The summed E-state index contributed by atoms with van der Waals surface area (Å²) in [5.41, 5.74) is 0.950. The summed E-state index contributed by atoms with van der Waals surface area (Å²) < 4.78 is 0. The van der Waals surface area contributed by atoms with Crippen molar-refractivity contribution >= 4 is 11.7 Å². The molecule has 4 N–H and O–H groups in total. The van der Waals surface area contributed by atoms with Crippen LogP contribution in [0.25, 0.3) is 0 Å². The molecule has 6 nitrogen and oxygen atoms in total. The summed E-state index contributed by atoms with van der Waals surface area (Å²) in [7, 11) is 0. The summed E-state index contributed by atoms with van der Waals surface area (Å²) in [6, 6.07) is 8.66. The van der Waals surface area contributed by atoms with E-state index < -0.39 is 17.7 Å². The summed E-state index contributed by atoms with van der Waals surface area (Å²) in [6.45, 7) is 2.96. The fraction of sp³-hybridized carbons (Fsp3) is 0.375. The molecule has 1 heterocycles. The Labute approximate surface area is 129 Å². The molecule has 0 saturated carbocycles.